The van der Waals surface area contributed by atoms with Crippen LogP contribution in [0.15, 0.2) is 18.3 Å². The first-order valence-corrected chi connectivity index (χ1v) is 6.07. The molecule has 0 aliphatic rings. The van der Waals surface area contributed by atoms with E-state index in [1.807, 2.05) is 6.92 Å². The lowest BCUT2D eigenvalue weighted by Crippen LogP contribution is -2.33. The zero-order valence-corrected chi connectivity index (χ0v) is 11.4. The lowest BCUT2D eigenvalue weighted by atomic mass is 10.2. The quantitative estimate of drug-likeness (QED) is 0.785. The average molecular weight is 267 g/mol. The molecule has 0 saturated heterocycles. The second-order valence-electron chi connectivity index (χ2n) is 3.66. The molecule has 0 aliphatic heterocycles. The van der Waals surface area contributed by atoms with Gasteiger partial charge in [-0.3, -0.25) is 4.79 Å². The predicted molar refractivity (Wildman–Crippen MR) is 73.8 cm³/mol. The van der Waals surface area contributed by atoms with Crippen LogP contribution in [0.1, 0.15) is 23.7 Å². The topological polar surface area (TPSA) is 68.5 Å². The maximum atomic E-state index is 12.3. The molecule has 0 aromatic carbocycles. The highest BCUT2D eigenvalue weighted by molar-refractivity contribution is 7.80. The number of pyridine rings is 1. The van der Waals surface area contributed by atoms with Crippen LogP contribution in [0, 0.1) is 0 Å². The minimum Gasteiger partial charge on any atom is -0.480 e. The van der Waals surface area contributed by atoms with Crippen molar-refractivity contribution in [1.29, 1.82) is 0 Å². The molecular formula is C12H17N3O2S. The van der Waals surface area contributed by atoms with E-state index in [1.54, 1.807) is 23.2 Å². The van der Waals surface area contributed by atoms with Crippen LogP contribution >= 0.6 is 12.2 Å². The second-order valence-corrected chi connectivity index (χ2v) is 4.19. The third kappa shape index (κ3) is 3.66. The normalized spacial score (nSPS) is 9.89. The fraction of sp³-hybridized carbons (Fsp3) is 0.417. The standard InChI is InChI=1S/C12H17N3O2S/c1-3-15(8-6-10(13)18)12(16)9-5-4-7-14-11(9)17-2/h4-5,7H,3,6,8H2,1-2H3,(H2,13,18). The molecule has 0 unspecified atom stereocenters. The molecular weight excluding hydrogens is 250 g/mol. The van der Waals surface area contributed by atoms with Crippen molar-refractivity contribution in [1.82, 2.24) is 9.88 Å². The van der Waals surface area contributed by atoms with Crippen LogP contribution in [0.25, 0.3) is 0 Å². The number of aromatic nitrogens is 1. The Morgan fingerprint density at radius 2 is 2.33 bits per heavy atom. The highest BCUT2D eigenvalue weighted by atomic mass is 32.1. The number of ether oxygens (including phenoxy) is 1. The summed E-state index contributed by atoms with van der Waals surface area (Å²) in [7, 11) is 1.49. The summed E-state index contributed by atoms with van der Waals surface area (Å²) in [6, 6.07) is 3.40. The molecule has 0 fully saturated rings. The molecule has 0 radical (unpaired) electrons. The van der Waals surface area contributed by atoms with Crippen molar-refractivity contribution >= 4 is 23.1 Å². The van der Waals surface area contributed by atoms with Gasteiger partial charge in [-0.15, -0.1) is 0 Å². The molecule has 1 aromatic heterocycles. The predicted octanol–water partition coefficient (Wildman–Crippen LogP) is 1.23. The van der Waals surface area contributed by atoms with E-state index in [9.17, 15) is 4.79 Å². The number of methoxy groups -OCH3 is 1. The first kappa shape index (κ1) is 14.4. The second kappa shape index (κ2) is 6.90. The smallest absolute Gasteiger partial charge is 0.259 e. The van der Waals surface area contributed by atoms with Gasteiger partial charge in [0.2, 0.25) is 5.88 Å². The largest absolute Gasteiger partial charge is 0.480 e. The minimum atomic E-state index is -0.126. The Bertz CT molecular complexity index is 437. The number of hydrogen-bond donors (Lipinski definition) is 1. The number of hydrogen-bond acceptors (Lipinski definition) is 4. The first-order chi connectivity index (χ1) is 8.60. The lowest BCUT2D eigenvalue weighted by Gasteiger charge is -2.21. The van der Waals surface area contributed by atoms with E-state index in [0.717, 1.165) is 0 Å². The highest BCUT2D eigenvalue weighted by Crippen LogP contribution is 2.16. The van der Waals surface area contributed by atoms with E-state index in [-0.39, 0.29) is 5.91 Å². The van der Waals surface area contributed by atoms with Gasteiger partial charge in [0.25, 0.3) is 5.91 Å². The van der Waals surface area contributed by atoms with E-state index in [0.29, 0.717) is 35.9 Å². The zero-order chi connectivity index (χ0) is 13.5. The van der Waals surface area contributed by atoms with Crippen molar-refractivity contribution < 1.29 is 9.53 Å². The van der Waals surface area contributed by atoms with E-state index >= 15 is 0 Å². The van der Waals surface area contributed by atoms with Gasteiger partial charge in [-0.2, -0.15) is 0 Å². The number of carbonyl (C=O) groups excluding carboxylic acids is 1. The summed E-state index contributed by atoms with van der Waals surface area (Å²) in [5.41, 5.74) is 5.90. The number of rotatable bonds is 6. The van der Waals surface area contributed by atoms with Gasteiger partial charge in [-0.1, -0.05) is 12.2 Å². The molecule has 0 saturated carbocycles. The fourth-order valence-corrected chi connectivity index (χ4v) is 1.63. The number of amides is 1. The number of thiocarbonyl (C=S) groups is 1. The van der Waals surface area contributed by atoms with E-state index in [4.69, 9.17) is 22.7 Å². The Labute approximate surface area is 112 Å². The number of carbonyl (C=O) groups is 1. The lowest BCUT2D eigenvalue weighted by molar-refractivity contribution is 0.0764. The molecule has 98 valence electrons. The maximum absolute atomic E-state index is 12.3. The Morgan fingerprint density at radius 1 is 1.61 bits per heavy atom. The van der Waals surface area contributed by atoms with Gasteiger partial charge >= 0.3 is 0 Å². The highest BCUT2D eigenvalue weighted by Gasteiger charge is 2.18. The number of nitrogens with zero attached hydrogens (tertiary/aromatic N) is 2. The fourth-order valence-electron chi connectivity index (χ4n) is 1.54. The molecule has 1 aromatic rings. The van der Waals surface area contributed by atoms with Crippen LogP contribution in [0.5, 0.6) is 5.88 Å². The molecule has 1 rings (SSSR count). The van der Waals surface area contributed by atoms with Crippen LogP contribution in [0.4, 0.5) is 0 Å². The van der Waals surface area contributed by atoms with E-state index in [2.05, 4.69) is 4.98 Å². The molecule has 18 heavy (non-hydrogen) atoms. The van der Waals surface area contributed by atoms with Crippen molar-refractivity contribution in [3.8, 4) is 5.88 Å². The summed E-state index contributed by atoms with van der Waals surface area (Å²) in [5, 5.41) is 0. The average Bonchev–Trinajstić information content (AvgIpc) is 2.38. The monoisotopic (exact) mass is 267 g/mol. The van der Waals surface area contributed by atoms with Crippen LogP contribution in [0.3, 0.4) is 0 Å². The molecule has 6 heteroatoms. The van der Waals surface area contributed by atoms with Crippen molar-refractivity contribution in [2.45, 2.75) is 13.3 Å². The van der Waals surface area contributed by atoms with Crippen LogP contribution in [-0.4, -0.2) is 41.0 Å². The molecule has 0 aliphatic carbocycles. The van der Waals surface area contributed by atoms with Gasteiger partial charge in [-0.25, -0.2) is 4.98 Å². The Hall–Kier alpha value is -1.69. The van der Waals surface area contributed by atoms with Gasteiger partial charge in [-0.05, 0) is 19.1 Å². The maximum Gasteiger partial charge on any atom is 0.259 e. The summed E-state index contributed by atoms with van der Waals surface area (Å²) in [5.74, 6) is 0.204. The molecule has 1 amide bonds. The third-order valence-electron chi connectivity index (χ3n) is 2.49. The molecule has 2 N–H and O–H groups in total. The third-order valence-corrected chi connectivity index (χ3v) is 2.70. The summed E-state index contributed by atoms with van der Waals surface area (Å²) in [6.45, 7) is 2.99. The van der Waals surface area contributed by atoms with Gasteiger partial charge in [0.1, 0.15) is 5.56 Å². The molecule has 0 atom stereocenters. The van der Waals surface area contributed by atoms with Gasteiger partial charge in [0, 0.05) is 25.7 Å². The van der Waals surface area contributed by atoms with Crippen molar-refractivity contribution in [3.63, 3.8) is 0 Å². The Balaban J connectivity index is 2.86. The summed E-state index contributed by atoms with van der Waals surface area (Å²) in [4.78, 5) is 18.4. The van der Waals surface area contributed by atoms with Crippen molar-refractivity contribution in [2.24, 2.45) is 5.73 Å². The zero-order valence-electron chi connectivity index (χ0n) is 10.5. The van der Waals surface area contributed by atoms with Gasteiger partial charge in [0.05, 0.1) is 12.1 Å². The van der Waals surface area contributed by atoms with Gasteiger partial charge in [0.15, 0.2) is 0 Å². The minimum absolute atomic E-state index is 0.126. The summed E-state index contributed by atoms with van der Waals surface area (Å²) in [6.07, 6.45) is 2.10. The van der Waals surface area contributed by atoms with Crippen LogP contribution < -0.4 is 10.5 Å². The molecule has 1 heterocycles. The SMILES string of the molecule is CCN(CCC(N)=S)C(=O)c1cccnc1OC. The van der Waals surface area contributed by atoms with E-state index < -0.39 is 0 Å². The Kier molecular flexibility index (Phi) is 5.51. The van der Waals surface area contributed by atoms with Crippen molar-refractivity contribution in [2.75, 3.05) is 20.2 Å². The van der Waals surface area contributed by atoms with E-state index in [1.165, 1.54) is 7.11 Å². The molecule has 5 nitrogen and oxygen atoms in total. The summed E-state index contributed by atoms with van der Waals surface area (Å²) >= 11 is 4.82. The first-order valence-electron chi connectivity index (χ1n) is 5.66. The molecule has 0 bridgehead atoms. The van der Waals surface area contributed by atoms with Crippen molar-refractivity contribution in [3.05, 3.63) is 23.9 Å². The Morgan fingerprint density at radius 3 is 2.89 bits per heavy atom. The van der Waals surface area contributed by atoms with Gasteiger partial charge < -0.3 is 15.4 Å². The van der Waals surface area contributed by atoms with Crippen LogP contribution in [-0.2, 0) is 0 Å². The van der Waals surface area contributed by atoms with Crippen LogP contribution in [0.2, 0.25) is 0 Å². The molecule has 0 spiro atoms. The number of nitrogens with two attached hydrogens (primary N) is 1. The summed E-state index contributed by atoms with van der Waals surface area (Å²) < 4.78 is 5.08.